The second kappa shape index (κ2) is 18.4. The minimum absolute atomic E-state index is 0.00430. The molecule has 2 amide bonds. The highest BCUT2D eigenvalue weighted by molar-refractivity contribution is 7.92. The summed E-state index contributed by atoms with van der Waals surface area (Å²) in [5.41, 5.74) is 4.22. The van der Waals surface area contributed by atoms with E-state index < -0.39 is 42.3 Å². The minimum atomic E-state index is -3.73. The van der Waals surface area contributed by atoms with E-state index in [0.717, 1.165) is 33.0 Å². The van der Waals surface area contributed by atoms with Crippen molar-refractivity contribution in [3.05, 3.63) is 130 Å². The van der Waals surface area contributed by atoms with Crippen molar-refractivity contribution in [2.45, 2.75) is 103 Å². The molecule has 0 unspecified atom stereocenters. The first-order chi connectivity index (χ1) is 26.5. The summed E-state index contributed by atoms with van der Waals surface area (Å²) in [5, 5.41) is 21.1. The second-order valence-electron chi connectivity index (χ2n) is 17.5. The SMILES string of the molecule is C[C@@H](NC(=O)c1cc(C(=O)N[C@@H](Cc2ccccc2)[C@H](O)CNCc2cc(C(C)(C)C)ccc2O[Si](C)(C)C(C)(C)C)cc(N(C)S(C)(=O)=O)c1)c1ccccc1. The summed E-state index contributed by atoms with van der Waals surface area (Å²) >= 11 is 0. The third-order valence-corrected chi connectivity index (χ3v) is 16.3. The van der Waals surface area contributed by atoms with Gasteiger partial charge in [-0.1, -0.05) is 114 Å². The van der Waals surface area contributed by atoms with E-state index in [-0.39, 0.29) is 39.9 Å². The Bertz CT molecular complexity index is 2100. The molecule has 4 rings (SSSR count). The number of hydrogen-bond acceptors (Lipinski definition) is 7. The van der Waals surface area contributed by atoms with Crippen molar-refractivity contribution < 1.29 is 27.5 Å². The summed E-state index contributed by atoms with van der Waals surface area (Å²) in [5.74, 6) is -0.212. The number of carbonyl (C=O) groups excluding carboxylic acids is 2. The number of aliphatic hydroxyl groups is 1. The number of benzene rings is 4. The fourth-order valence-corrected chi connectivity index (χ4v) is 7.51. The van der Waals surface area contributed by atoms with E-state index in [4.69, 9.17) is 4.43 Å². The van der Waals surface area contributed by atoms with Crippen LogP contribution >= 0.6 is 0 Å². The molecule has 4 aromatic rings. The number of anilines is 1. The maximum atomic E-state index is 14.1. The topological polar surface area (TPSA) is 137 Å². The summed E-state index contributed by atoms with van der Waals surface area (Å²) in [6.07, 6.45) is 0.346. The predicted octanol–water partition coefficient (Wildman–Crippen LogP) is 7.75. The molecule has 0 saturated carbocycles. The molecular weight excluding hydrogens is 753 g/mol. The van der Waals surface area contributed by atoms with Gasteiger partial charge in [-0.3, -0.25) is 13.9 Å². The Morgan fingerprint density at radius 3 is 1.93 bits per heavy atom. The van der Waals surface area contributed by atoms with Crippen molar-refractivity contribution in [1.82, 2.24) is 16.0 Å². The number of carbonyl (C=O) groups is 2. The molecule has 0 spiro atoms. The molecule has 308 valence electrons. The number of nitrogens with one attached hydrogen (secondary N) is 3. The van der Waals surface area contributed by atoms with E-state index in [1.807, 2.05) is 67.6 Å². The van der Waals surface area contributed by atoms with Crippen molar-refractivity contribution >= 4 is 35.8 Å². The van der Waals surface area contributed by atoms with Crippen LogP contribution in [0.3, 0.4) is 0 Å². The summed E-state index contributed by atoms with van der Waals surface area (Å²) < 4.78 is 33.0. The summed E-state index contributed by atoms with van der Waals surface area (Å²) in [7, 11) is -4.52. The Labute approximate surface area is 341 Å². The van der Waals surface area contributed by atoms with Gasteiger partial charge in [0.1, 0.15) is 5.75 Å². The lowest BCUT2D eigenvalue weighted by atomic mass is 9.86. The van der Waals surface area contributed by atoms with Crippen LogP contribution in [-0.2, 0) is 28.4 Å². The van der Waals surface area contributed by atoms with Gasteiger partial charge in [0.15, 0.2) is 0 Å². The molecule has 12 heteroatoms. The van der Waals surface area contributed by atoms with E-state index >= 15 is 0 Å². The number of hydrogen-bond donors (Lipinski definition) is 4. The van der Waals surface area contributed by atoms with Crippen molar-refractivity contribution in [2.75, 3.05) is 24.2 Å². The number of rotatable bonds is 16. The van der Waals surface area contributed by atoms with Crippen molar-refractivity contribution in [3.8, 4) is 5.75 Å². The third kappa shape index (κ3) is 12.5. The summed E-state index contributed by atoms with van der Waals surface area (Å²) in [6.45, 7) is 20.0. The molecule has 0 aromatic heterocycles. The molecule has 0 saturated heterocycles. The molecular formula is C45H62N4O6SSi. The van der Waals surface area contributed by atoms with Gasteiger partial charge in [-0.15, -0.1) is 0 Å². The van der Waals surface area contributed by atoms with Crippen LogP contribution in [0.1, 0.15) is 97.5 Å². The molecule has 4 N–H and O–H groups in total. The van der Waals surface area contributed by atoms with Crippen LogP contribution in [0.25, 0.3) is 0 Å². The first-order valence-corrected chi connectivity index (χ1v) is 24.2. The van der Waals surface area contributed by atoms with Crippen LogP contribution in [0.2, 0.25) is 18.1 Å². The number of amides is 2. The second-order valence-corrected chi connectivity index (χ2v) is 24.2. The summed E-state index contributed by atoms with van der Waals surface area (Å²) in [4.78, 5) is 27.7. The zero-order valence-corrected chi connectivity index (χ0v) is 37.3. The van der Waals surface area contributed by atoms with E-state index in [9.17, 15) is 23.1 Å². The van der Waals surface area contributed by atoms with Crippen LogP contribution in [0.15, 0.2) is 97.1 Å². The lowest BCUT2D eigenvalue weighted by Crippen LogP contribution is -2.48. The third-order valence-electron chi connectivity index (χ3n) is 10.8. The first-order valence-electron chi connectivity index (χ1n) is 19.5. The Kier molecular flexibility index (Phi) is 14.6. The molecule has 57 heavy (non-hydrogen) atoms. The summed E-state index contributed by atoms with van der Waals surface area (Å²) in [6, 6.07) is 28.6. The monoisotopic (exact) mass is 814 g/mol. The maximum Gasteiger partial charge on any atom is 0.251 e. The normalized spacial score (nSPS) is 14.0. The zero-order valence-electron chi connectivity index (χ0n) is 35.4. The fraction of sp³-hybridized carbons (Fsp3) is 0.422. The highest BCUT2D eigenvalue weighted by Gasteiger charge is 2.39. The van der Waals surface area contributed by atoms with E-state index in [0.29, 0.717) is 13.0 Å². The Morgan fingerprint density at radius 2 is 1.39 bits per heavy atom. The fourth-order valence-electron chi connectivity index (χ4n) is 5.96. The molecule has 0 radical (unpaired) electrons. The van der Waals surface area contributed by atoms with Crippen molar-refractivity contribution in [1.29, 1.82) is 0 Å². The first kappa shape index (κ1) is 45.2. The molecule has 3 atom stereocenters. The smallest absolute Gasteiger partial charge is 0.251 e. The largest absolute Gasteiger partial charge is 0.543 e. The molecule has 0 fully saturated rings. The van der Waals surface area contributed by atoms with Gasteiger partial charge in [0.05, 0.1) is 30.1 Å². The Balaban J connectivity index is 1.61. The van der Waals surface area contributed by atoms with Gasteiger partial charge in [-0.05, 0) is 77.8 Å². The number of sulfonamides is 1. The van der Waals surface area contributed by atoms with Gasteiger partial charge in [0.25, 0.3) is 11.8 Å². The van der Waals surface area contributed by atoms with Crippen LogP contribution in [0, 0.1) is 0 Å². The average Bonchev–Trinajstić information content (AvgIpc) is 3.13. The standard InChI is InChI=1S/C45H62N4O6SSi/c1-31(33-20-16-13-17-21-33)47-42(51)34-25-35(28-38(27-34)49(8)56(9,53)54)43(52)48-39(24-32-18-14-12-15-19-32)40(50)30-46-29-36-26-37(44(2,3)4)22-23-41(36)55-57(10,11)45(5,6)7/h12-23,25-28,31,39-40,46,50H,24,29-30H2,1-11H3,(H,47,51)(H,48,52)/t31-,39+,40-/m1/s1. The predicted molar refractivity (Wildman–Crippen MR) is 234 cm³/mol. The van der Waals surface area contributed by atoms with Gasteiger partial charge in [-0.2, -0.15) is 0 Å². The lowest BCUT2D eigenvalue weighted by molar-refractivity contribution is 0.0830. The van der Waals surface area contributed by atoms with Gasteiger partial charge in [0.2, 0.25) is 18.3 Å². The van der Waals surface area contributed by atoms with Gasteiger partial charge in [-0.25, -0.2) is 8.42 Å². The average molecular weight is 815 g/mol. The van der Waals surface area contributed by atoms with Crippen molar-refractivity contribution in [3.63, 3.8) is 0 Å². The minimum Gasteiger partial charge on any atom is -0.543 e. The molecule has 0 bridgehead atoms. The quantitative estimate of drug-likeness (QED) is 0.0850. The van der Waals surface area contributed by atoms with Gasteiger partial charge < -0.3 is 25.5 Å². The molecule has 0 aliphatic rings. The molecule has 0 heterocycles. The molecule has 10 nitrogen and oxygen atoms in total. The highest BCUT2D eigenvalue weighted by atomic mass is 32.2. The molecule has 4 aromatic carbocycles. The van der Waals surface area contributed by atoms with E-state index in [1.54, 1.807) is 0 Å². The maximum absolute atomic E-state index is 14.1. The number of nitrogens with zero attached hydrogens (tertiary/aromatic N) is 1. The van der Waals surface area contributed by atoms with Gasteiger partial charge in [0, 0.05) is 36.8 Å². The number of aliphatic hydroxyl groups excluding tert-OH is 1. The molecule has 0 aliphatic carbocycles. The zero-order chi connectivity index (χ0) is 42.3. The highest BCUT2D eigenvalue weighted by Crippen LogP contribution is 2.39. The van der Waals surface area contributed by atoms with E-state index in [2.05, 4.69) is 88.8 Å². The Hall–Kier alpha value is -4.49. The van der Waals surface area contributed by atoms with Crippen LogP contribution in [-0.4, -0.2) is 65.7 Å². The van der Waals surface area contributed by atoms with Crippen LogP contribution in [0.5, 0.6) is 5.75 Å². The van der Waals surface area contributed by atoms with Gasteiger partial charge >= 0.3 is 0 Å². The van der Waals surface area contributed by atoms with Crippen LogP contribution < -0.4 is 24.7 Å². The molecule has 0 aliphatic heterocycles. The van der Waals surface area contributed by atoms with Crippen molar-refractivity contribution in [2.24, 2.45) is 0 Å². The Morgan fingerprint density at radius 1 is 0.825 bits per heavy atom. The lowest BCUT2D eigenvalue weighted by Gasteiger charge is -2.37. The van der Waals surface area contributed by atoms with E-state index in [1.165, 1.54) is 30.8 Å². The van der Waals surface area contributed by atoms with Crippen LogP contribution in [0.4, 0.5) is 5.69 Å².